The van der Waals surface area contributed by atoms with Gasteiger partial charge in [-0.25, -0.2) is 0 Å². The normalized spacial score (nSPS) is 14.1. The number of nitro groups is 1. The summed E-state index contributed by atoms with van der Waals surface area (Å²) in [6.45, 7) is 0.221. The standard InChI is InChI=1S/C12H9ClN4O3S/c13-12-9(14-15-21-12)6-16-10-3-2-8(17(19)20)5-7(10)1-4-11(16)18/h2-3,5H,1,4,6H2. The van der Waals surface area contributed by atoms with Crippen molar-refractivity contribution in [1.82, 2.24) is 9.59 Å². The van der Waals surface area contributed by atoms with E-state index in [-0.39, 0.29) is 18.1 Å². The Morgan fingerprint density at radius 1 is 1.43 bits per heavy atom. The average Bonchev–Trinajstić information content (AvgIpc) is 2.87. The second-order valence-electron chi connectivity index (χ2n) is 4.54. The summed E-state index contributed by atoms with van der Waals surface area (Å²) in [4.78, 5) is 24.0. The number of non-ortho nitro benzene ring substituents is 1. The summed E-state index contributed by atoms with van der Waals surface area (Å²) >= 11 is 7.03. The summed E-state index contributed by atoms with van der Waals surface area (Å²) in [6, 6.07) is 4.50. The third kappa shape index (κ3) is 2.59. The van der Waals surface area contributed by atoms with E-state index in [2.05, 4.69) is 9.59 Å². The second kappa shape index (κ2) is 5.38. The lowest BCUT2D eigenvalue weighted by Crippen LogP contribution is -2.34. The first-order chi connectivity index (χ1) is 10.1. The third-order valence-corrected chi connectivity index (χ3v) is 4.28. The molecule has 1 amide bonds. The lowest BCUT2D eigenvalue weighted by atomic mass is 10.0. The van der Waals surface area contributed by atoms with Crippen molar-refractivity contribution in [2.45, 2.75) is 19.4 Å². The van der Waals surface area contributed by atoms with E-state index in [1.165, 1.54) is 12.1 Å². The van der Waals surface area contributed by atoms with Gasteiger partial charge in [-0.05, 0) is 18.1 Å². The summed E-state index contributed by atoms with van der Waals surface area (Å²) in [5, 5.41) is 14.7. The molecule has 0 saturated carbocycles. The summed E-state index contributed by atoms with van der Waals surface area (Å²) < 4.78 is 4.18. The van der Waals surface area contributed by atoms with Crippen molar-refractivity contribution < 1.29 is 9.72 Å². The fourth-order valence-electron chi connectivity index (χ4n) is 2.27. The molecule has 0 aliphatic carbocycles. The van der Waals surface area contributed by atoms with Crippen LogP contribution >= 0.6 is 23.1 Å². The lowest BCUT2D eigenvalue weighted by molar-refractivity contribution is -0.384. The van der Waals surface area contributed by atoms with Gasteiger partial charge >= 0.3 is 0 Å². The van der Waals surface area contributed by atoms with Gasteiger partial charge in [-0.1, -0.05) is 16.1 Å². The highest BCUT2D eigenvalue weighted by Crippen LogP contribution is 2.33. The molecule has 21 heavy (non-hydrogen) atoms. The van der Waals surface area contributed by atoms with Crippen LogP contribution in [0.1, 0.15) is 17.7 Å². The second-order valence-corrected chi connectivity index (χ2v) is 5.90. The van der Waals surface area contributed by atoms with Crippen LogP contribution in [0, 0.1) is 10.1 Å². The van der Waals surface area contributed by atoms with Gasteiger partial charge in [-0.3, -0.25) is 14.9 Å². The molecule has 3 rings (SSSR count). The number of aromatic nitrogens is 2. The van der Waals surface area contributed by atoms with Crippen LogP contribution < -0.4 is 4.90 Å². The number of aryl methyl sites for hydroxylation is 1. The highest BCUT2D eigenvalue weighted by Gasteiger charge is 2.27. The van der Waals surface area contributed by atoms with Crippen LogP contribution in [0.4, 0.5) is 11.4 Å². The average molecular weight is 325 g/mol. The number of carbonyl (C=O) groups is 1. The van der Waals surface area contributed by atoms with Crippen LogP contribution in [-0.4, -0.2) is 20.4 Å². The fraction of sp³-hybridized carbons (Fsp3) is 0.250. The van der Waals surface area contributed by atoms with Crippen molar-refractivity contribution in [3.05, 3.63) is 43.9 Å². The van der Waals surface area contributed by atoms with Crippen LogP contribution in [0.5, 0.6) is 0 Å². The number of amides is 1. The van der Waals surface area contributed by atoms with Crippen LogP contribution in [0.25, 0.3) is 0 Å². The fourth-order valence-corrected chi connectivity index (χ4v) is 2.89. The van der Waals surface area contributed by atoms with Gasteiger partial charge in [0.05, 0.1) is 11.5 Å². The quantitative estimate of drug-likeness (QED) is 0.639. The Balaban J connectivity index is 1.97. The number of benzene rings is 1. The van der Waals surface area contributed by atoms with E-state index >= 15 is 0 Å². The van der Waals surface area contributed by atoms with E-state index in [9.17, 15) is 14.9 Å². The highest BCUT2D eigenvalue weighted by molar-refractivity contribution is 7.10. The Morgan fingerprint density at radius 3 is 2.90 bits per heavy atom. The minimum atomic E-state index is -0.442. The summed E-state index contributed by atoms with van der Waals surface area (Å²) in [7, 11) is 0. The van der Waals surface area contributed by atoms with Gasteiger partial charge in [0.15, 0.2) is 0 Å². The Morgan fingerprint density at radius 2 is 2.24 bits per heavy atom. The molecule has 1 aliphatic rings. The zero-order chi connectivity index (χ0) is 15.0. The van der Waals surface area contributed by atoms with Crippen molar-refractivity contribution in [2.75, 3.05) is 4.90 Å². The van der Waals surface area contributed by atoms with Gasteiger partial charge in [0.1, 0.15) is 10.0 Å². The van der Waals surface area contributed by atoms with E-state index in [1.54, 1.807) is 11.0 Å². The molecule has 2 aromatic rings. The summed E-state index contributed by atoms with van der Waals surface area (Å²) in [6.07, 6.45) is 0.804. The molecular formula is C12H9ClN4O3S. The molecule has 2 heterocycles. The van der Waals surface area contributed by atoms with Crippen molar-refractivity contribution >= 4 is 40.4 Å². The first-order valence-electron chi connectivity index (χ1n) is 6.10. The molecular weight excluding hydrogens is 316 g/mol. The molecule has 0 saturated heterocycles. The third-order valence-electron chi connectivity index (χ3n) is 3.29. The number of anilines is 1. The summed E-state index contributed by atoms with van der Waals surface area (Å²) in [5.41, 5.74) is 2.00. The van der Waals surface area contributed by atoms with E-state index in [1.807, 2.05) is 0 Å². The highest BCUT2D eigenvalue weighted by atomic mass is 35.5. The molecule has 1 aromatic carbocycles. The van der Waals surface area contributed by atoms with E-state index in [0.29, 0.717) is 28.6 Å². The maximum Gasteiger partial charge on any atom is 0.269 e. The van der Waals surface area contributed by atoms with Crippen molar-refractivity contribution in [1.29, 1.82) is 0 Å². The monoisotopic (exact) mass is 324 g/mol. The number of carbonyl (C=O) groups excluding carboxylic acids is 1. The minimum absolute atomic E-state index is 0.0245. The van der Waals surface area contributed by atoms with Gasteiger partial charge in [0.2, 0.25) is 5.91 Å². The maximum absolute atomic E-state index is 12.1. The first-order valence-corrected chi connectivity index (χ1v) is 7.26. The number of nitrogens with zero attached hydrogens (tertiary/aromatic N) is 4. The van der Waals surface area contributed by atoms with Gasteiger partial charge in [0.25, 0.3) is 5.69 Å². The molecule has 7 nitrogen and oxygen atoms in total. The predicted molar refractivity (Wildman–Crippen MR) is 77.5 cm³/mol. The van der Waals surface area contributed by atoms with Crippen LogP contribution in [0.2, 0.25) is 4.34 Å². The molecule has 0 spiro atoms. The first kappa shape index (κ1) is 13.9. The zero-order valence-electron chi connectivity index (χ0n) is 10.7. The molecule has 9 heteroatoms. The summed E-state index contributed by atoms with van der Waals surface area (Å²) in [5.74, 6) is -0.0552. The van der Waals surface area contributed by atoms with Gasteiger partial charge < -0.3 is 4.90 Å². The zero-order valence-corrected chi connectivity index (χ0v) is 12.2. The Kier molecular flexibility index (Phi) is 3.56. The Labute approximate surface area is 128 Å². The molecule has 0 radical (unpaired) electrons. The molecule has 1 aliphatic heterocycles. The predicted octanol–water partition coefficient (Wildman–Crippen LogP) is 2.58. The number of hydrogen-bond acceptors (Lipinski definition) is 6. The van der Waals surface area contributed by atoms with E-state index < -0.39 is 4.92 Å². The Bertz CT molecular complexity index is 733. The van der Waals surface area contributed by atoms with Gasteiger partial charge in [-0.2, -0.15) is 0 Å². The lowest BCUT2D eigenvalue weighted by Gasteiger charge is -2.28. The van der Waals surface area contributed by atoms with Crippen LogP contribution in [0.3, 0.4) is 0 Å². The number of halogens is 1. The number of nitro benzene ring substituents is 1. The largest absolute Gasteiger partial charge is 0.306 e. The number of hydrogen-bond donors (Lipinski definition) is 0. The van der Waals surface area contributed by atoms with Crippen molar-refractivity contribution in [3.63, 3.8) is 0 Å². The van der Waals surface area contributed by atoms with Gasteiger partial charge in [-0.15, -0.1) is 5.10 Å². The van der Waals surface area contributed by atoms with Crippen LogP contribution in [0.15, 0.2) is 18.2 Å². The molecule has 0 unspecified atom stereocenters. The molecule has 1 aromatic heterocycles. The van der Waals surface area contributed by atoms with E-state index in [0.717, 1.165) is 17.1 Å². The van der Waals surface area contributed by atoms with Crippen molar-refractivity contribution in [2.24, 2.45) is 0 Å². The topological polar surface area (TPSA) is 89.2 Å². The molecule has 108 valence electrons. The van der Waals surface area contributed by atoms with Crippen LogP contribution in [-0.2, 0) is 17.8 Å². The Hall–Kier alpha value is -2.06. The molecule has 0 N–H and O–H groups in total. The maximum atomic E-state index is 12.1. The number of fused-ring (bicyclic) bond motifs is 1. The van der Waals surface area contributed by atoms with Gasteiger partial charge in [0, 0.05) is 35.8 Å². The molecule has 0 atom stereocenters. The molecule has 0 bridgehead atoms. The van der Waals surface area contributed by atoms with E-state index in [4.69, 9.17) is 11.6 Å². The smallest absolute Gasteiger partial charge is 0.269 e. The van der Waals surface area contributed by atoms with Crippen molar-refractivity contribution in [3.8, 4) is 0 Å². The minimum Gasteiger partial charge on any atom is -0.306 e. The number of rotatable bonds is 3. The SMILES string of the molecule is O=C1CCc2cc([N+](=O)[O-])ccc2N1Cc1nnsc1Cl. The molecule has 0 fully saturated rings.